The number of nitrogens with two attached hydrogens (primary N) is 2. The lowest BCUT2D eigenvalue weighted by atomic mass is 10.2. The minimum absolute atomic E-state index is 0. The predicted octanol–water partition coefficient (Wildman–Crippen LogP) is 2.01. The summed E-state index contributed by atoms with van der Waals surface area (Å²) in [5.74, 6) is -0.0766. The molecule has 10 heteroatoms. The minimum atomic E-state index is -0.0383. The Hall–Kier alpha value is -3.10. The third-order valence-corrected chi connectivity index (χ3v) is 3.31. The highest BCUT2D eigenvalue weighted by atomic mass is 35.5. The largest absolute Gasteiger partial charge is 0.384 e. The smallest absolute Gasteiger partial charge is 0.124 e. The fraction of sp³-hybridized carbons (Fsp3) is 0. The number of rotatable bonds is 4. The summed E-state index contributed by atoms with van der Waals surface area (Å²) in [6, 6.07) is 6.88. The fourth-order valence-corrected chi connectivity index (χ4v) is 2.02. The molecule has 0 unspecified atom stereocenters. The molecule has 3 rings (SSSR count). The highest BCUT2D eigenvalue weighted by Crippen LogP contribution is 2.19. The summed E-state index contributed by atoms with van der Waals surface area (Å²) < 4.78 is 0. The van der Waals surface area contributed by atoms with Crippen LogP contribution in [-0.2, 0) is 0 Å². The van der Waals surface area contributed by atoms with Crippen LogP contribution < -0.4 is 11.5 Å². The first-order valence-corrected chi connectivity index (χ1v) is 6.98. The molecule has 0 aliphatic heterocycles. The molecule has 134 valence electrons. The number of halogens is 2. The topological polar surface area (TPSA) is 151 Å². The van der Waals surface area contributed by atoms with E-state index < -0.39 is 0 Å². The zero-order valence-corrected chi connectivity index (χ0v) is 15.0. The van der Waals surface area contributed by atoms with Gasteiger partial charge in [-0.25, -0.2) is 4.98 Å². The van der Waals surface area contributed by atoms with E-state index in [1.54, 1.807) is 36.7 Å². The molecule has 0 saturated heterocycles. The summed E-state index contributed by atoms with van der Waals surface area (Å²) in [4.78, 5) is 17.2. The molecule has 0 aromatic carbocycles. The lowest BCUT2D eigenvalue weighted by Gasteiger charge is -2.05. The van der Waals surface area contributed by atoms with Crippen LogP contribution >= 0.6 is 24.8 Å². The van der Waals surface area contributed by atoms with Gasteiger partial charge < -0.3 is 11.5 Å². The van der Waals surface area contributed by atoms with Crippen molar-refractivity contribution >= 4 is 36.5 Å². The average Bonchev–Trinajstić information content (AvgIpc) is 2.62. The molecule has 0 spiro atoms. The van der Waals surface area contributed by atoms with E-state index >= 15 is 0 Å². The summed E-state index contributed by atoms with van der Waals surface area (Å²) >= 11 is 0. The molecule has 6 N–H and O–H groups in total. The number of amidine groups is 2. The number of nitrogen functional groups attached to an aromatic ring is 2. The highest BCUT2D eigenvalue weighted by Gasteiger charge is 2.08. The normalized spacial score (nSPS) is 9.54. The molecular weight excluding hydrogens is 375 g/mol. The van der Waals surface area contributed by atoms with Crippen LogP contribution in [0.25, 0.3) is 22.8 Å². The van der Waals surface area contributed by atoms with E-state index in [-0.39, 0.29) is 36.5 Å². The van der Waals surface area contributed by atoms with Gasteiger partial charge in [-0.05, 0) is 24.3 Å². The molecule has 3 heterocycles. The van der Waals surface area contributed by atoms with E-state index in [0.717, 1.165) is 0 Å². The number of nitrogens with zero attached hydrogens (tertiary/aromatic N) is 4. The lowest BCUT2D eigenvalue weighted by molar-refractivity contribution is 1.15. The van der Waals surface area contributed by atoms with Gasteiger partial charge >= 0.3 is 0 Å². The van der Waals surface area contributed by atoms with Gasteiger partial charge in [-0.1, -0.05) is 0 Å². The summed E-state index contributed by atoms with van der Waals surface area (Å²) in [7, 11) is 0. The molecule has 0 aliphatic rings. The molecule has 0 amide bonds. The van der Waals surface area contributed by atoms with Crippen molar-refractivity contribution in [2.24, 2.45) is 11.5 Å². The summed E-state index contributed by atoms with van der Waals surface area (Å²) in [6.07, 6.45) is 6.24. The molecule has 0 fully saturated rings. The first-order chi connectivity index (χ1) is 11.5. The standard InChI is InChI=1S/C16H14N8.2ClH/c17-15(18)9-1-3-11(22-5-9)13-7-21-8-14(24-13)12-4-2-10(6-23-12)16(19)20;;/h1-8H,(H3,17,18)(H3,19,20);2*1H. The zero-order chi connectivity index (χ0) is 17.1. The Morgan fingerprint density at radius 2 is 1.08 bits per heavy atom. The molecule has 3 aromatic heterocycles. The number of hydrogen-bond acceptors (Lipinski definition) is 6. The van der Waals surface area contributed by atoms with Crippen LogP contribution in [-0.4, -0.2) is 31.6 Å². The Balaban J connectivity index is 0.00000169. The van der Waals surface area contributed by atoms with E-state index in [1.807, 2.05) is 0 Å². The van der Waals surface area contributed by atoms with Crippen molar-refractivity contribution < 1.29 is 0 Å². The number of hydrogen-bond donors (Lipinski definition) is 4. The van der Waals surface area contributed by atoms with Crippen LogP contribution in [0.3, 0.4) is 0 Å². The van der Waals surface area contributed by atoms with E-state index in [1.165, 1.54) is 12.4 Å². The molecule has 0 radical (unpaired) electrons. The number of pyridine rings is 2. The second-order valence-corrected chi connectivity index (χ2v) is 4.98. The maximum Gasteiger partial charge on any atom is 0.124 e. The first-order valence-electron chi connectivity index (χ1n) is 6.98. The van der Waals surface area contributed by atoms with Crippen LogP contribution in [0.5, 0.6) is 0 Å². The van der Waals surface area contributed by atoms with Gasteiger partial charge in [-0.3, -0.25) is 25.8 Å². The van der Waals surface area contributed by atoms with Gasteiger partial charge in [0.05, 0.1) is 23.8 Å². The van der Waals surface area contributed by atoms with Gasteiger partial charge in [0, 0.05) is 23.5 Å². The van der Waals surface area contributed by atoms with Gasteiger partial charge in [0.2, 0.25) is 0 Å². The van der Waals surface area contributed by atoms with E-state index in [2.05, 4.69) is 19.9 Å². The Morgan fingerprint density at radius 1 is 0.654 bits per heavy atom. The summed E-state index contributed by atoms with van der Waals surface area (Å²) in [6.45, 7) is 0. The summed E-state index contributed by atoms with van der Waals surface area (Å²) in [5.41, 5.74) is 14.3. The molecule has 8 nitrogen and oxygen atoms in total. The molecule has 3 aromatic rings. The second kappa shape index (κ2) is 8.84. The van der Waals surface area contributed by atoms with Gasteiger partial charge in [-0.15, -0.1) is 24.8 Å². The van der Waals surface area contributed by atoms with Crippen LogP contribution in [0.4, 0.5) is 0 Å². The molecule has 0 bridgehead atoms. The van der Waals surface area contributed by atoms with Gasteiger partial charge in [0.15, 0.2) is 0 Å². The van der Waals surface area contributed by atoms with Crippen molar-refractivity contribution in [2.75, 3.05) is 0 Å². The second-order valence-electron chi connectivity index (χ2n) is 4.98. The number of nitrogens with one attached hydrogen (secondary N) is 2. The zero-order valence-electron chi connectivity index (χ0n) is 13.4. The van der Waals surface area contributed by atoms with Gasteiger partial charge in [-0.2, -0.15) is 0 Å². The van der Waals surface area contributed by atoms with E-state index in [4.69, 9.17) is 22.3 Å². The quantitative estimate of drug-likeness (QED) is 0.394. The average molecular weight is 391 g/mol. The number of aromatic nitrogens is 4. The molecule has 0 atom stereocenters. The van der Waals surface area contributed by atoms with E-state index in [9.17, 15) is 0 Å². The van der Waals surface area contributed by atoms with Gasteiger partial charge in [0.1, 0.15) is 23.1 Å². The third kappa shape index (κ3) is 4.50. The minimum Gasteiger partial charge on any atom is -0.384 e. The lowest BCUT2D eigenvalue weighted by Crippen LogP contribution is -2.11. The molecule has 26 heavy (non-hydrogen) atoms. The maximum atomic E-state index is 7.38. The molecule has 0 aliphatic carbocycles. The van der Waals surface area contributed by atoms with Gasteiger partial charge in [0.25, 0.3) is 0 Å². The van der Waals surface area contributed by atoms with Crippen molar-refractivity contribution in [1.29, 1.82) is 10.8 Å². The SMILES string of the molecule is Cl.Cl.N=C(N)c1ccc(-c2cncc(-c3ccc(C(=N)N)cn3)n2)nc1. The van der Waals surface area contributed by atoms with Crippen LogP contribution in [0.15, 0.2) is 49.1 Å². The monoisotopic (exact) mass is 390 g/mol. The highest BCUT2D eigenvalue weighted by molar-refractivity contribution is 5.95. The van der Waals surface area contributed by atoms with Crippen LogP contribution in [0, 0.1) is 10.8 Å². The van der Waals surface area contributed by atoms with E-state index in [0.29, 0.717) is 33.9 Å². The first kappa shape index (κ1) is 20.9. The van der Waals surface area contributed by atoms with Crippen LogP contribution in [0.1, 0.15) is 11.1 Å². The Bertz CT molecular complexity index is 838. The molecular formula is C16H16Cl2N8. The molecule has 0 saturated carbocycles. The summed E-state index contributed by atoms with van der Waals surface area (Å²) in [5, 5.41) is 14.8. The van der Waals surface area contributed by atoms with Crippen molar-refractivity contribution in [3.63, 3.8) is 0 Å². The Morgan fingerprint density at radius 3 is 1.38 bits per heavy atom. The fourth-order valence-electron chi connectivity index (χ4n) is 2.02. The van der Waals surface area contributed by atoms with Crippen molar-refractivity contribution in [3.8, 4) is 22.8 Å². The van der Waals surface area contributed by atoms with Crippen molar-refractivity contribution in [2.45, 2.75) is 0 Å². The maximum absolute atomic E-state index is 7.38. The Labute approximate surface area is 162 Å². The van der Waals surface area contributed by atoms with Crippen molar-refractivity contribution in [3.05, 3.63) is 60.2 Å². The predicted molar refractivity (Wildman–Crippen MR) is 105 cm³/mol. The van der Waals surface area contributed by atoms with Crippen LogP contribution in [0.2, 0.25) is 0 Å². The van der Waals surface area contributed by atoms with Crippen molar-refractivity contribution in [1.82, 2.24) is 19.9 Å². The Kier molecular flexibility index (Phi) is 7.12. The third-order valence-electron chi connectivity index (χ3n) is 3.31.